The quantitative estimate of drug-likeness (QED) is 0.187. The van der Waals surface area contributed by atoms with Gasteiger partial charge in [-0.15, -0.1) is 0 Å². The number of hydrogen-bond acceptors (Lipinski definition) is 10. The highest BCUT2D eigenvalue weighted by Gasteiger charge is 2.62. The maximum atomic E-state index is 14.6. The Balaban J connectivity index is 1.12. The summed E-state index contributed by atoms with van der Waals surface area (Å²) in [6.07, 6.45) is 10.8. The molecule has 2 saturated carbocycles. The molecule has 3 aromatic heterocycles. The number of pyridine rings is 2. The molecule has 4 aromatic rings. The van der Waals surface area contributed by atoms with Crippen molar-refractivity contribution in [2.75, 3.05) is 6.54 Å². The van der Waals surface area contributed by atoms with Gasteiger partial charge in [-0.3, -0.25) is 28.6 Å². The molecule has 0 unspecified atom stereocenters. The molecule has 0 bridgehead atoms. The SMILES string of the molecule is Cn1ccc(C(=O)N[C@H]2CCCCC/C=C\[C@@H]3C[C@@]3(C(=O)NS(=O)(=O)C3CC3)NC(=O)[C@@H]3C[C@@H](Oc4nc5ncccc5c5ccccc45)CN3C2=O)n1. The first-order valence-corrected chi connectivity index (χ1v) is 20.0. The molecule has 3 fully saturated rings. The lowest BCUT2D eigenvalue weighted by Crippen LogP contribution is -2.58. The van der Waals surface area contributed by atoms with Gasteiger partial charge in [-0.2, -0.15) is 10.1 Å². The minimum atomic E-state index is -3.89. The Morgan fingerprint density at radius 2 is 1.80 bits per heavy atom. The van der Waals surface area contributed by atoms with Crippen LogP contribution in [0.15, 0.2) is 67.0 Å². The minimum Gasteiger partial charge on any atom is -0.472 e. The molecule has 5 heterocycles. The van der Waals surface area contributed by atoms with E-state index in [9.17, 15) is 27.6 Å². The van der Waals surface area contributed by atoms with Gasteiger partial charge in [-0.1, -0.05) is 43.2 Å². The number of carbonyl (C=O) groups is 4. The van der Waals surface area contributed by atoms with Gasteiger partial charge in [-0.05, 0) is 68.2 Å². The monoisotopic (exact) mass is 754 g/mol. The molecule has 1 aromatic carbocycles. The van der Waals surface area contributed by atoms with Crippen LogP contribution in [-0.4, -0.2) is 92.2 Å². The van der Waals surface area contributed by atoms with E-state index in [1.54, 1.807) is 25.5 Å². The van der Waals surface area contributed by atoms with E-state index in [2.05, 4.69) is 25.4 Å². The standard InChI is InChI=1S/C38H42N8O7S/c1-45-19-17-29(43-45)33(47)40-30-14-6-4-2-3-5-10-23-21-38(23,37(50)44-54(51,52)25-15-16-25)42-34(48)31-20-24(22-46(31)36(30)49)53-35-28-12-8-7-11-26(28)27-13-9-18-39-32(27)41-35/h5,7-13,17-19,23-25,30-31H,2-4,6,14-16,20-22H2,1H3,(H,40,47)(H,42,48)(H,44,50)/b10-5-/t23-,24-,30+,31+,38-/m1/s1. The normalized spacial score (nSPS) is 26.9. The molecule has 3 N–H and O–H groups in total. The second kappa shape index (κ2) is 14.1. The zero-order chi connectivity index (χ0) is 37.6. The van der Waals surface area contributed by atoms with Gasteiger partial charge in [-0.25, -0.2) is 13.4 Å². The molecule has 0 spiro atoms. The molecule has 282 valence electrons. The van der Waals surface area contributed by atoms with Gasteiger partial charge in [0.05, 0.1) is 11.8 Å². The first kappa shape index (κ1) is 35.6. The molecule has 8 rings (SSSR count). The lowest BCUT2D eigenvalue weighted by atomic mass is 10.0. The van der Waals surface area contributed by atoms with Gasteiger partial charge >= 0.3 is 0 Å². The summed E-state index contributed by atoms with van der Waals surface area (Å²) in [5, 5.41) is 11.8. The molecule has 4 amide bonds. The Morgan fingerprint density at radius 1 is 1.00 bits per heavy atom. The van der Waals surface area contributed by atoms with Gasteiger partial charge in [0.2, 0.25) is 27.7 Å². The third kappa shape index (κ3) is 7.01. The van der Waals surface area contributed by atoms with Crippen LogP contribution in [0.2, 0.25) is 0 Å². The molecule has 1 saturated heterocycles. The summed E-state index contributed by atoms with van der Waals surface area (Å²) in [6, 6.07) is 10.9. The summed E-state index contributed by atoms with van der Waals surface area (Å²) in [6.45, 7) is -0.0122. The van der Waals surface area contributed by atoms with Crippen molar-refractivity contribution >= 4 is 55.5 Å². The Labute approximate surface area is 312 Å². The maximum Gasteiger partial charge on any atom is 0.272 e. The van der Waals surface area contributed by atoms with E-state index in [0.717, 1.165) is 29.0 Å². The van der Waals surface area contributed by atoms with Gasteiger partial charge in [0.25, 0.3) is 11.8 Å². The molecule has 4 aliphatic rings. The fourth-order valence-corrected chi connectivity index (χ4v) is 8.98. The first-order valence-electron chi connectivity index (χ1n) is 18.5. The Bertz CT molecular complexity index is 2290. The summed E-state index contributed by atoms with van der Waals surface area (Å²) < 4.78 is 36.0. The number of nitrogens with one attached hydrogen (secondary N) is 3. The average Bonchev–Trinajstić information content (AvgIpc) is 4.05. The first-order chi connectivity index (χ1) is 26.0. The summed E-state index contributed by atoms with van der Waals surface area (Å²) in [5.74, 6) is -2.53. The summed E-state index contributed by atoms with van der Waals surface area (Å²) in [4.78, 5) is 66.7. The average molecular weight is 755 g/mol. The number of nitrogens with zero attached hydrogens (tertiary/aromatic N) is 5. The number of aryl methyl sites for hydroxylation is 1. The predicted octanol–water partition coefficient (Wildman–Crippen LogP) is 2.67. The molecule has 2 aliphatic carbocycles. The molecular weight excluding hydrogens is 713 g/mol. The van der Waals surface area contributed by atoms with Crippen LogP contribution in [0.3, 0.4) is 0 Å². The van der Waals surface area contributed by atoms with Crippen LogP contribution in [-0.2, 0) is 31.5 Å². The van der Waals surface area contributed by atoms with Crippen molar-refractivity contribution in [3.63, 3.8) is 0 Å². The van der Waals surface area contributed by atoms with E-state index in [-0.39, 0.29) is 25.1 Å². The number of sulfonamides is 1. The van der Waals surface area contributed by atoms with Gasteiger partial charge in [0, 0.05) is 42.6 Å². The Morgan fingerprint density at radius 3 is 2.57 bits per heavy atom. The number of rotatable bonds is 7. The van der Waals surface area contributed by atoms with Crippen LogP contribution < -0.4 is 20.1 Å². The van der Waals surface area contributed by atoms with Crippen molar-refractivity contribution in [1.82, 2.24) is 40.0 Å². The number of allylic oxidation sites excluding steroid dienone is 1. The highest BCUT2D eigenvalue weighted by atomic mass is 32.2. The van der Waals surface area contributed by atoms with Crippen LogP contribution in [0.25, 0.3) is 21.8 Å². The molecular formula is C38H42N8O7S. The minimum absolute atomic E-state index is 0.0122. The van der Waals surface area contributed by atoms with E-state index < -0.39 is 68.5 Å². The number of ether oxygens (including phenoxy) is 1. The third-order valence-electron chi connectivity index (χ3n) is 10.8. The van der Waals surface area contributed by atoms with Crippen molar-refractivity contribution in [2.24, 2.45) is 13.0 Å². The number of carbonyl (C=O) groups excluding carboxylic acids is 4. The van der Waals surface area contributed by atoms with Crippen molar-refractivity contribution in [1.29, 1.82) is 0 Å². The number of fused-ring (bicyclic) bond motifs is 5. The van der Waals surface area contributed by atoms with E-state index in [0.29, 0.717) is 43.6 Å². The van der Waals surface area contributed by atoms with Gasteiger partial charge in [0.1, 0.15) is 29.4 Å². The van der Waals surface area contributed by atoms with E-state index in [1.165, 1.54) is 9.58 Å². The number of amides is 4. The molecule has 16 heteroatoms. The highest BCUT2D eigenvalue weighted by Crippen LogP contribution is 2.46. The number of aromatic nitrogens is 4. The van der Waals surface area contributed by atoms with E-state index in [4.69, 9.17) is 9.72 Å². The zero-order valence-corrected chi connectivity index (χ0v) is 30.6. The van der Waals surface area contributed by atoms with Crippen molar-refractivity contribution in [3.05, 3.63) is 72.7 Å². The molecule has 5 atom stereocenters. The number of benzene rings is 1. The molecule has 15 nitrogen and oxygen atoms in total. The second-order valence-electron chi connectivity index (χ2n) is 14.7. The fourth-order valence-electron chi connectivity index (χ4n) is 7.62. The van der Waals surface area contributed by atoms with Crippen LogP contribution in [0.4, 0.5) is 0 Å². The number of hydrogen-bond donors (Lipinski definition) is 3. The van der Waals surface area contributed by atoms with E-state index >= 15 is 0 Å². The fraction of sp³-hybridized carbons (Fsp3) is 0.447. The zero-order valence-electron chi connectivity index (χ0n) is 29.8. The van der Waals surface area contributed by atoms with Gasteiger partial charge < -0.3 is 20.3 Å². The second-order valence-corrected chi connectivity index (χ2v) is 16.7. The van der Waals surface area contributed by atoms with Crippen LogP contribution >= 0.6 is 0 Å². The summed E-state index contributed by atoms with van der Waals surface area (Å²) >= 11 is 0. The van der Waals surface area contributed by atoms with Gasteiger partial charge in [0.15, 0.2) is 5.65 Å². The Kier molecular flexibility index (Phi) is 9.32. The van der Waals surface area contributed by atoms with Crippen LogP contribution in [0, 0.1) is 5.92 Å². The van der Waals surface area contributed by atoms with Crippen molar-refractivity contribution in [2.45, 2.75) is 86.8 Å². The maximum absolute atomic E-state index is 14.6. The lowest BCUT2D eigenvalue weighted by Gasteiger charge is -2.29. The molecule has 0 radical (unpaired) electrons. The lowest BCUT2D eigenvalue weighted by molar-refractivity contribution is -0.141. The van der Waals surface area contributed by atoms with Crippen LogP contribution in [0.1, 0.15) is 68.3 Å². The van der Waals surface area contributed by atoms with Crippen molar-refractivity contribution < 1.29 is 32.3 Å². The topological polar surface area (TPSA) is 195 Å². The largest absolute Gasteiger partial charge is 0.472 e. The predicted molar refractivity (Wildman–Crippen MR) is 197 cm³/mol. The van der Waals surface area contributed by atoms with Crippen molar-refractivity contribution in [3.8, 4) is 5.88 Å². The summed E-state index contributed by atoms with van der Waals surface area (Å²) in [7, 11) is -2.20. The van der Waals surface area contributed by atoms with Crippen LogP contribution in [0.5, 0.6) is 5.88 Å². The molecule has 54 heavy (non-hydrogen) atoms. The highest BCUT2D eigenvalue weighted by molar-refractivity contribution is 7.91. The summed E-state index contributed by atoms with van der Waals surface area (Å²) in [5.41, 5.74) is -0.871. The smallest absolute Gasteiger partial charge is 0.272 e. The molecule has 2 aliphatic heterocycles. The third-order valence-corrected chi connectivity index (χ3v) is 12.6. The van der Waals surface area contributed by atoms with E-state index in [1.807, 2.05) is 48.6 Å². The Hall–Kier alpha value is -5.38.